The molecule has 1 fully saturated rings. The SMILES string of the molecule is CC1(C(C)(O)c2cc3ccccc3o2)CC1. The van der Waals surface area contributed by atoms with Gasteiger partial charge < -0.3 is 9.52 Å². The molecule has 1 N–H and O–H groups in total. The van der Waals surface area contributed by atoms with Gasteiger partial charge in [0.25, 0.3) is 0 Å². The topological polar surface area (TPSA) is 33.4 Å². The number of furan rings is 1. The van der Waals surface area contributed by atoms with Crippen LogP contribution in [-0.2, 0) is 5.60 Å². The lowest BCUT2D eigenvalue weighted by molar-refractivity contribution is -0.0304. The lowest BCUT2D eigenvalue weighted by Gasteiger charge is -2.27. The van der Waals surface area contributed by atoms with Crippen LogP contribution >= 0.6 is 0 Å². The van der Waals surface area contributed by atoms with Crippen LogP contribution in [-0.4, -0.2) is 5.11 Å². The van der Waals surface area contributed by atoms with E-state index in [1.807, 2.05) is 37.3 Å². The van der Waals surface area contributed by atoms with Crippen molar-refractivity contribution in [2.75, 3.05) is 0 Å². The van der Waals surface area contributed by atoms with Crippen molar-refractivity contribution in [3.63, 3.8) is 0 Å². The van der Waals surface area contributed by atoms with Crippen LogP contribution in [0.2, 0.25) is 0 Å². The summed E-state index contributed by atoms with van der Waals surface area (Å²) in [6, 6.07) is 9.83. The first-order chi connectivity index (χ1) is 7.53. The second-order valence-corrected chi connectivity index (χ2v) is 5.28. The molecule has 0 aliphatic heterocycles. The molecule has 1 aromatic heterocycles. The Morgan fingerprint density at radius 3 is 2.62 bits per heavy atom. The first kappa shape index (κ1) is 9.91. The zero-order valence-electron chi connectivity index (χ0n) is 9.66. The summed E-state index contributed by atoms with van der Waals surface area (Å²) in [5, 5.41) is 11.6. The van der Waals surface area contributed by atoms with Crippen LogP contribution in [0.15, 0.2) is 34.7 Å². The number of para-hydroxylation sites is 1. The summed E-state index contributed by atoms with van der Waals surface area (Å²) >= 11 is 0. The van der Waals surface area contributed by atoms with Crippen LogP contribution in [0.3, 0.4) is 0 Å². The van der Waals surface area contributed by atoms with Crippen molar-refractivity contribution in [2.45, 2.75) is 32.3 Å². The third kappa shape index (κ3) is 1.23. The molecule has 1 aromatic carbocycles. The highest BCUT2D eigenvalue weighted by Gasteiger charge is 2.54. The molecule has 2 heteroatoms. The molecule has 3 rings (SSSR count). The molecule has 1 aliphatic carbocycles. The van der Waals surface area contributed by atoms with Crippen molar-refractivity contribution in [2.24, 2.45) is 5.41 Å². The highest BCUT2D eigenvalue weighted by Crippen LogP contribution is 2.58. The fourth-order valence-corrected chi connectivity index (χ4v) is 2.19. The van der Waals surface area contributed by atoms with Crippen molar-refractivity contribution in [3.05, 3.63) is 36.1 Å². The van der Waals surface area contributed by atoms with E-state index in [2.05, 4.69) is 6.92 Å². The second kappa shape index (κ2) is 2.89. The minimum Gasteiger partial charge on any atom is -0.458 e. The fourth-order valence-electron chi connectivity index (χ4n) is 2.19. The number of benzene rings is 1. The molecular formula is C14H16O2. The van der Waals surface area contributed by atoms with E-state index >= 15 is 0 Å². The van der Waals surface area contributed by atoms with Crippen molar-refractivity contribution in [1.82, 2.24) is 0 Å². The van der Waals surface area contributed by atoms with E-state index in [9.17, 15) is 5.11 Å². The Morgan fingerprint density at radius 2 is 2.00 bits per heavy atom. The molecule has 1 unspecified atom stereocenters. The third-order valence-electron chi connectivity index (χ3n) is 4.08. The second-order valence-electron chi connectivity index (χ2n) is 5.28. The molecular weight excluding hydrogens is 200 g/mol. The normalized spacial score (nSPS) is 21.9. The molecule has 1 heterocycles. The van der Waals surface area contributed by atoms with E-state index in [0.717, 1.165) is 23.8 Å². The molecule has 2 nitrogen and oxygen atoms in total. The summed E-state index contributed by atoms with van der Waals surface area (Å²) in [6.07, 6.45) is 2.13. The summed E-state index contributed by atoms with van der Waals surface area (Å²) < 4.78 is 5.75. The number of hydrogen-bond acceptors (Lipinski definition) is 2. The van der Waals surface area contributed by atoms with Gasteiger partial charge in [0.05, 0.1) is 0 Å². The Labute approximate surface area is 94.9 Å². The van der Waals surface area contributed by atoms with Crippen LogP contribution in [0.5, 0.6) is 0 Å². The van der Waals surface area contributed by atoms with Gasteiger partial charge in [0.2, 0.25) is 0 Å². The van der Waals surface area contributed by atoms with Gasteiger partial charge in [0.1, 0.15) is 16.9 Å². The molecule has 0 saturated heterocycles. The Kier molecular flexibility index (Phi) is 1.79. The fraction of sp³-hybridized carbons (Fsp3) is 0.429. The van der Waals surface area contributed by atoms with Gasteiger partial charge >= 0.3 is 0 Å². The first-order valence-electron chi connectivity index (χ1n) is 5.74. The molecule has 1 aliphatic rings. The maximum atomic E-state index is 10.6. The van der Waals surface area contributed by atoms with Gasteiger partial charge in [-0.2, -0.15) is 0 Å². The standard InChI is InChI=1S/C14H16O2/c1-13(7-8-13)14(2,15)12-9-10-5-3-4-6-11(10)16-12/h3-6,9,15H,7-8H2,1-2H3. The molecule has 0 bridgehead atoms. The van der Waals surface area contributed by atoms with Crippen LogP contribution in [0.1, 0.15) is 32.4 Å². The smallest absolute Gasteiger partial charge is 0.137 e. The lowest BCUT2D eigenvalue weighted by atomic mass is 9.85. The van der Waals surface area contributed by atoms with Gasteiger partial charge in [-0.15, -0.1) is 0 Å². The van der Waals surface area contributed by atoms with Crippen molar-refractivity contribution in [3.8, 4) is 0 Å². The van der Waals surface area contributed by atoms with Gasteiger partial charge in [-0.1, -0.05) is 25.1 Å². The van der Waals surface area contributed by atoms with Crippen molar-refractivity contribution in [1.29, 1.82) is 0 Å². The average molecular weight is 216 g/mol. The van der Waals surface area contributed by atoms with E-state index in [1.165, 1.54) is 0 Å². The summed E-state index contributed by atoms with van der Waals surface area (Å²) in [5.74, 6) is 0.689. The van der Waals surface area contributed by atoms with Gasteiger partial charge in [-0.3, -0.25) is 0 Å². The Hall–Kier alpha value is -1.28. The third-order valence-corrected chi connectivity index (χ3v) is 4.08. The zero-order chi connectivity index (χ0) is 11.4. The molecule has 84 valence electrons. The van der Waals surface area contributed by atoms with Gasteiger partial charge in [0.15, 0.2) is 0 Å². The molecule has 0 amide bonds. The zero-order valence-corrected chi connectivity index (χ0v) is 9.66. The highest BCUT2D eigenvalue weighted by atomic mass is 16.4. The molecule has 0 radical (unpaired) electrons. The molecule has 0 spiro atoms. The molecule has 16 heavy (non-hydrogen) atoms. The van der Waals surface area contributed by atoms with Crippen LogP contribution in [0, 0.1) is 5.41 Å². The van der Waals surface area contributed by atoms with Crippen molar-refractivity contribution < 1.29 is 9.52 Å². The predicted molar refractivity (Wildman–Crippen MR) is 63.1 cm³/mol. The summed E-state index contributed by atoms with van der Waals surface area (Å²) in [7, 11) is 0. The van der Waals surface area contributed by atoms with E-state index < -0.39 is 5.60 Å². The van der Waals surface area contributed by atoms with E-state index in [1.54, 1.807) is 0 Å². The van der Waals surface area contributed by atoms with E-state index in [4.69, 9.17) is 4.42 Å². The van der Waals surface area contributed by atoms with Gasteiger partial charge in [-0.25, -0.2) is 0 Å². The van der Waals surface area contributed by atoms with E-state index in [-0.39, 0.29) is 5.41 Å². The van der Waals surface area contributed by atoms with Crippen LogP contribution in [0.4, 0.5) is 0 Å². The Morgan fingerprint density at radius 1 is 1.31 bits per heavy atom. The highest BCUT2D eigenvalue weighted by molar-refractivity contribution is 5.77. The summed E-state index contributed by atoms with van der Waals surface area (Å²) in [4.78, 5) is 0. The summed E-state index contributed by atoms with van der Waals surface area (Å²) in [5.41, 5.74) is -0.0191. The number of aliphatic hydroxyl groups is 1. The average Bonchev–Trinajstić information content (AvgIpc) is 2.87. The molecule has 1 saturated carbocycles. The molecule has 1 atom stereocenters. The van der Waals surface area contributed by atoms with Gasteiger partial charge in [0, 0.05) is 10.8 Å². The van der Waals surface area contributed by atoms with Crippen LogP contribution in [0.25, 0.3) is 11.0 Å². The number of fused-ring (bicyclic) bond motifs is 1. The quantitative estimate of drug-likeness (QED) is 0.834. The minimum absolute atomic E-state index is 0.0130. The maximum absolute atomic E-state index is 10.6. The predicted octanol–water partition coefficient (Wildman–Crippen LogP) is 3.44. The Bertz CT molecular complexity index is 499. The first-order valence-corrected chi connectivity index (χ1v) is 5.74. The lowest BCUT2D eigenvalue weighted by Crippen LogP contribution is -2.30. The minimum atomic E-state index is -0.855. The molecule has 2 aromatic rings. The Balaban J connectivity index is 2.12. The monoisotopic (exact) mass is 216 g/mol. The maximum Gasteiger partial charge on any atom is 0.137 e. The van der Waals surface area contributed by atoms with Crippen LogP contribution < -0.4 is 0 Å². The van der Waals surface area contributed by atoms with E-state index in [0.29, 0.717) is 5.76 Å². The van der Waals surface area contributed by atoms with Crippen molar-refractivity contribution >= 4 is 11.0 Å². The number of hydrogen-bond donors (Lipinski definition) is 1. The summed E-state index contributed by atoms with van der Waals surface area (Å²) in [6.45, 7) is 3.97. The van der Waals surface area contributed by atoms with Gasteiger partial charge in [-0.05, 0) is 31.9 Å². The number of rotatable bonds is 2. The largest absolute Gasteiger partial charge is 0.458 e.